The van der Waals surface area contributed by atoms with Crippen LogP contribution in [0.5, 0.6) is 0 Å². The molecular weight excluding hydrogens is 905 g/mol. The number of benzene rings is 12. The van der Waals surface area contributed by atoms with Crippen LogP contribution >= 0.6 is 0 Å². The molecule has 12 aromatic carbocycles. The quantitative estimate of drug-likeness (QED) is 0.120. The fraction of sp³-hybridized carbons (Fsp3) is 0.0137. The van der Waals surface area contributed by atoms with Crippen LogP contribution in [0, 0.1) is 0 Å². The summed E-state index contributed by atoms with van der Waals surface area (Å²) in [5, 5.41) is 0. The highest BCUT2D eigenvalue weighted by Crippen LogP contribution is 2.61. The van der Waals surface area contributed by atoms with E-state index in [1.807, 2.05) is 0 Å². The van der Waals surface area contributed by atoms with Crippen LogP contribution in [0.1, 0.15) is 22.3 Å². The Hall–Kier alpha value is -9.76. The minimum atomic E-state index is -0.807. The Morgan fingerprint density at radius 1 is 0.173 bits per heavy atom. The molecule has 0 radical (unpaired) electrons. The van der Waals surface area contributed by atoms with Gasteiger partial charge in [-0.3, -0.25) is 0 Å². The molecule has 0 saturated heterocycles. The minimum Gasteiger partial charge on any atom is -0.310 e. The smallest absolute Gasteiger partial charge is 0.0754 e. The van der Waals surface area contributed by atoms with Crippen molar-refractivity contribution in [3.8, 4) is 55.6 Å². The van der Waals surface area contributed by atoms with Crippen molar-refractivity contribution in [1.29, 1.82) is 0 Å². The predicted molar refractivity (Wildman–Crippen MR) is 315 cm³/mol. The maximum Gasteiger partial charge on any atom is 0.0754 e. The van der Waals surface area contributed by atoms with E-state index < -0.39 is 5.41 Å². The standard InChI is InChI=1S/C73H52N2/c1-5-21-53(22-6-1)57-37-45-61(46-38-57)74(62-47-39-58(40-48-62)54-23-7-2-8-24-54)71-35-19-17-33-69(71)73(67-31-15-13-29-65(67)66-30-14-16-32-68(66)73)70-34-18-20-36-72(70)75(63-49-41-59(42-50-63)55-25-9-3-10-26-55)64-51-43-60(44-52-64)56-27-11-4-12-28-56/h1-52H. The highest BCUT2D eigenvalue weighted by molar-refractivity contribution is 5.94. The lowest BCUT2D eigenvalue weighted by molar-refractivity contribution is 0.767. The van der Waals surface area contributed by atoms with Gasteiger partial charge in [0.05, 0.1) is 16.8 Å². The number of nitrogens with zero attached hydrogens (tertiary/aromatic N) is 2. The Morgan fingerprint density at radius 3 is 0.667 bits per heavy atom. The molecule has 0 unspecified atom stereocenters. The van der Waals surface area contributed by atoms with Crippen molar-refractivity contribution in [3.05, 3.63) is 338 Å². The number of hydrogen-bond acceptors (Lipinski definition) is 2. The molecule has 0 bridgehead atoms. The van der Waals surface area contributed by atoms with Gasteiger partial charge in [-0.2, -0.15) is 0 Å². The van der Waals surface area contributed by atoms with Gasteiger partial charge in [0.15, 0.2) is 0 Å². The number of fused-ring (bicyclic) bond motifs is 3. The molecule has 1 aliphatic rings. The SMILES string of the molecule is c1ccc(-c2ccc(N(c3ccc(-c4ccccc4)cc3)c3ccccc3C3(c4ccccc4N(c4ccc(-c5ccccc5)cc4)c4ccc(-c5ccccc5)cc4)c4ccccc4-c4ccccc43)cc2)cc1. The monoisotopic (exact) mass is 956 g/mol. The average Bonchev–Trinajstić information content (AvgIpc) is 3.89. The van der Waals surface area contributed by atoms with Gasteiger partial charge in [-0.1, -0.05) is 255 Å². The highest BCUT2D eigenvalue weighted by atomic mass is 15.2. The summed E-state index contributed by atoms with van der Waals surface area (Å²) in [5.74, 6) is 0. The molecule has 2 heteroatoms. The molecule has 1 aliphatic carbocycles. The zero-order valence-electron chi connectivity index (χ0n) is 41.4. The molecule has 2 nitrogen and oxygen atoms in total. The van der Waals surface area contributed by atoms with Gasteiger partial charge in [-0.05, 0) is 139 Å². The first-order valence-corrected chi connectivity index (χ1v) is 25.8. The molecule has 0 fully saturated rings. The van der Waals surface area contributed by atoms with E-state index in [2.05, 4.69) is 325 Å². The Labute approximate surface area is 440 Å². The summed E-state index contributed by atoms with van der Waals surface area (Å²) in [6.45, 7) is 0. The summed E-state index contributed by atoms with van der Waals surface area (Å²) < 4.78 is 0. The molecule has 0 saturated carbocycles. The van der Waals surface area contributed by atoms with Crippen LogP contribution in [0.4, 0.5) is 34.1 Å². The predicted octanol–water partition coefficient (Wildman–Crippen LogP) is 19.7. The zero-order chi connectivity index (χ0) is 50.0. The van der Waals surface area contributed by atoms with Gasteiger partial charge < -0.3 is 9.80 Å². The third-order valence-electron chi connectivity index (χ3n) is 15.0. The van der Waals surface area contributed by atoms with Crippen molar-refractivity contribution in [2.24, 2.45) is 0 Å². The van der Waals surface area contributed by atoms with Crippen LogP contribution < -0.4 is 9.80 Å². The molecule has 0 amide bonds. The first kappa shape index (κ1) is 45.1. The van der Waals surface area contributed by atoms with E-state index in [1.165, 1.54) is 77.9 Å². The van der Waals surface area contributed by atoms with Crippen LogP contribution in [0.3, 0.4) is 0 Å². The molecule has 0 spiro atoms. The van der Waals surface area contributed by atoms with E-state index >= 15 is 0 Å². The van der Waals surface area contributed by atoms with Crippen LogP contribution in [0.2, 0.25) is 0 Å². The molecule has 354 valence electrons. The molecule has 13 rings (SSSR count). The lowest BCUT2D eigenvalue weighted by Gasteiger charge is -2.41. The fourth-order valence-electron chi connectivity index (χ4n) is 11.5. The lowest BCUT2D eigenvalue weighted by Crippen LogP contribution is -2.32. The maximum absolute atomic E-state index is 2.47. The van der Waals surface area contributed by atoms with E-state index in [9.17, 15) is 0 Å². The van der Waals surface area contributed by atoms with Gasteiger partial charge in [0.1, 0.15) is 0 Å². The summed E-state index contributed by atoms with van der Waals surface area (Å²) in [6, 6.07) is 115. The normalized spacial score (nSPS) is 12.1. The van der Waals surface area contributed by atoms with Gasteiger partial charge in [-0.25, -0.2) is 0 Å². The van der Waals surface area contributed by atoms with E-state index in [0.29, 0.717) is 0 Å². The fourth-order valence-corrected chi connectivity index (χ4v) is 11.5. The lowest BCUT2D eigenvalue weighted by atomic mass is 9.66. The first-order chi connectivity index (χ1) is 37.2. The maximum atomic E-state index is 2.47. The van der Waals surface area contributed by atoms with E-state index in [1.54, 1.807) is 0 Å². The zero-order valence-corrected chi connectivity index (χ0v) is 41.4. The largest absolute Gasteiger partial charge is 0.310 e. The summed E-state index contributed by atoms with van der Waals surface area (Å²) in [5.41, 5.74) is 22.4. The van der Waals surface area contributed by atoms with E-state index in [-0.39, 0.29) is 0 Å². The van der Waals surface area contributed by atoms with Crippen molar-refractivity contribution >= 4 is 34.1 Å². The highest BCUT2D eigenvalue weighted by Gasteiger charge is 2.49. The summed E-state index contributed by atoms with van der Waals surface area (Å²) in [4.78, 5) is 4.93. The Morgan fingerprint density at radius 2 is 0.387 bits per heavy atom. The van der Waals surface area contributed by atoms with E-state index in [0.717, 1.165) is 34.1 Å². The molecule has 0 aliphatic heterocycles. The average molecular weight is 957 g/mol. The van der Waals surface area contributed by atoms with Gasteiger partial charge >= 0.3 is 0 Å². The Balaban J connectivity index is 1.06. The Bertz CT molecular complexity index is 3460. The molecule has 0 heterocycles. The molecule has 0 aromatic heterocycles. The second-order valence-corrected chi connectivity index (χ2v) is 19.2. The third kappa shape index (κ3) is 8.20. The Kier molecular flexibility index (Phi) is 11.8. The molecule has 0 atom stereocenters. The number of rotatable bonds is 12. The van der Waals surface area contributed by atoms with Crippen molar-refractivity contribution in [3.63, 3.8) is 0 Å². The van der Waals surface area contributed by atoms with Gasteiger partial charge in [-0.15, -0.1) is 0 Å². The van der Waals surface area contributed by atoms with Crippen molar-refractivity contribution in [1.82, 2.24) is 0 Å². The van der Waals surface area contributed by atoms with E-state index in [4.69, 9.17) is 0 Å². The summed E-state index contributed by atoms with van der Waals surface area (Å²) in [7, 11) is 0. The third-order valence-corrected chi connectivity index (χ3v) is 15.0. The van der Waals surface area contributed by atoms with Crippen LogP contribution in [0.15, 0.2) is 315 Å². The van der Waals surface area contributed by atoms with Crippen molar-refractivity contribution in [2.75, 3.05) is 9.80 Å². The first-order valence-electron chi connectivity index (χ1n) is 25.8. The molecule has 12 aromatic rings. The second-order valence-electron chi connectivity index (χ2n) is 19.2. The molecular formula is C73H52N2. The van der Waals surface area contributed by atoms with Gasteiger partial charge in [0, 0.05) is 22.7 Å². The molecule has 0 N–H and O–H groups in total. The van der Waals surface area contributed by atoms with Crippen molar-refractivity contribution < 1.29 is 0 Å². The number of anilines is 6. The van der Waals surface area contributed by atoms with Crippen molar-refractivity contribution in [2.45, 2.75) is 5.41 Å². The van der Waals surface area contributed by atoms with Gasteiger partial charge in [0.2, 0.25) is 0 Å². The second kappa shape index (κ2) is 19.7. The van der Waals surface area contributed by atoms with Crippen LogP contribution in [0.25, 0.3) is 55.6 Å². The number of hydrogen-bond donors (Lipinski definition) is 0. The minimum absolute atomic E-state index is 0.807. The summed E-state index contributed by atoms with van der Waals surface area (Å²) in [6.07, 6.45) is 0. The van der Waals surface area contributed by atoms with Crippen LogP contribution in [-0.2, 0) is 5.41 Å². The van der Waals surface area contributed by atoms with Gasteiger partial charge in [0.25, 0.3) is 0 Å². The topological polar surface area (TPSA) is 6.48 Å². The molecule has 75 heavy (non-hydrogen) atoms. The number of para-hydroxylation sites is 2. The van der Waals surface area contributed by atoms with Crippen LogP contribution in [-0.4, -0.2) is 0 Å². The summed E-state index contributed by atoms with van der Waals surface area (Å²) >= 11 is 0.